The minimum atomic E-state index is -0.198. The Labute approximate surface area is 187 Å². The van der Waals surface area contributed by atoms with Crippen molar-refractivity contribution in [3.63, 3.8) is 0 Å². The number of aliphatic imine (C=N–C) groups is 1. The van der Waals surface area contributed by atoms with Gasteiger partial charge in [0.05, 0.1) is 6.04 Å². The number of benzene rings is 1. The average Bonchev–Trinajstić information content (AvgIpc) is 3.11. The lowest BCUT2D eigenvalue weighted by Crippen LogP contribution is -2.47. The topological polar surface area (TPSA) is 54.9 Å². The number of nitrogens with zero attached hydrogens (tertiary/aromatic N) is 1. The first kappa shape index (κ1) is 23.3. The number of fused-ring (bicyclic) bond motifs is 1. The maximum absolute atomic E-state index is 6.15. The molecule has 2 aliphatic rings. The van der Waals surface area contributed by atoms with Crippen molar-refractivity contribution in [3.8, 4) is 5.75 Å². The lowest BCUT2D eigenvalue weighted by atomic mass is 9.83. The van der Waals surface area contributed by atoms with Crippen LogP contribution in [0, 0.1) is 5.41 Å². The van der Waals surface area contributed by atoms with Crippen LogP contribution in [-0.2, 0) is 4.74 Å². The fraction of sp³-hybridized carbons (Fsp3) is 0.682. The van der Waals surface area contributed by atoms with Gasteiger partial charge in [0.25, 0.3) is 0 Å². The molecule has 1 fully saturated rings. The molecular formula is C22H36IN3O2. The largest absolute Gasteiger partial charge is 0.487 e. The molecule has 1 atom stereocenters. The van der Waals surface area contributed by atoms with Crippen LogP contribution in [0.15, 0.2) is 29.3 Å². The number of ether oxygens (including phenoxy) is 2. The first-order valence-corrected chi connectivity index (χ1v) is 10.2. The van der Waals surface area contributed by atoms with Crippen molar-refractivity contribution in [2.24, 2.45) is 10.4 Å². The van der Waals surface area contributed by atoms with Crippen molar-refractivity contribution in [2.45, 2.75) is 64.0 Å². The summed E-state index contributed by atoms with van der Waals surface area (Å²) in [7, 11) is 3.64. The highest BCUT2D eigenvalue weighted by Gasteiger charge is 2.36. The van der Waals surface area contributed by atoms with Gasteiger partial charge in [-0.1, -0.05) is 31.0 Å². The Morgan fingerprint density at radius 2 is 1.96 bits per heavy atom. The van der Waals surface area contributed by atoms with Crippen LogP contribution in [0.25, 0.3) is 0 Å². The van der Waals surface area contributed by atoms with E-state index < -0.39 is 0 Å². The van der Waals surface area contributed by atoms with Crippen molar-refractivity contribution >= 4 is 29.9 Å². The van der Waals surface area contributed by atoms with E-state index in [9.17, 15) is 0 Å². The molecule has 0 bridgehead atoms. The molecule has 1 unspecified atom stereocenters. The normalized spacial score (nSPS) is 22.6. The summed E-state index contributed by atoms with van der Waals surface area (Å²) in [5.41, 5.74) is 1.34. The first-order valence-electron chi connectivity index (χ1n) is 10.2. The van der Waals surface area contributed by atoms with Gasteiger partial charge in [-0.25, -0.2) is 0 Å². The number of hydrogen-bond donors (Lipinski definition) is 2. The van der Waals surface area contributed by atoms with Gasteiger partial charge in [0, 0.05) is 39.3 Å². The van der Waals surface area contributed by atoms with Crippen LogP contribution in [0.4, 0.5) is 0 Å². The summed E-state index contributed by atoms with van der Waals surface area (Å²) < 4.78 is 11.5. The highest BCUT2D eigenvalue weighted by atomic mass is 127. The quantitative estimate of drug-likeness (QED) is 0.338. The molecule has 1 aliphatic carbocycles. The molecular weight excluding hydrogens is 465 g/mol. The Morgan fingerprint density at radius 1 is 1.25 bits per heavy atom. The number of guanidine groups is 1. The zero-order valence-electron chi connectivity index (χ0n) is 17.7. The van der Waals surface area contributed by atoms with Gasteiger partial charge in [0.2, 0.25) is 0 Å². The summed E-state index contributed by atoms with van der Waals surface area (Å²) in [5, 5.41) is 7.25. The molecule has 28 heavy (non-hydrogen) atoms. The summed E-state index contributed by atoms with van der Waals surface area (Å²) in [6.07, 6.45) is 7.19. The van der Waals surface area contributed by atoms with E-state index in [4.69, 9.17) is 9.47 Å². The Kier molecular flexibility index (Phi) is 8.43. The van der Waals surface area contributed by atoms with E-state index in [1.165, 1.54) is 31.2 Å². The number of nitrogens with one attached hydrogen (secondary N) is 2. The molecule has 1 aromatic rings. The smallest absolute Gasteiger partial charge is 0.191 e. The maximum atomic E-state index is 6.15. The van der Waals surface area contributed by atoms with Crippen LogP contribution in [0.1, 0.15) is 64.0 Å². The van der Waals surface area contributed by atoms with Crippen LogP contribution in [0.5, 0.6) is 5.75 Å². The molecule has 1 heterocycles. The number of hydrogen-bond acceptors (Lipinski definition) is 3. The molecule has 0 amide bonds. The van der Waals surface area contributed by atoms with Gasteiger partial charge < -0.3 is 20.1 Å². The third-order valence-electron chi connectivity index (χ3n) is 6.04. The van der Waals surface area contributed by atoms with Crippen molar-refractivity contribution in [1.29, 1.82) is 0 Å². The Bertz CT molecular complexity index is 657. The molecule has 3 rings (SSSR count). The highest BCUT2D eigenvalue weighted by Crippen LogP contribution is 2.41. The van der Waals surface area contributed by atoms with E-state index >= 15 is 0 Å². The van der Waals surface area contributed by atoms with Gasteiger partial charge >= 0.3 is 0 Å². The average molecular weight is 501 g/mol. The van der Waals surface area contributed by atoms with E-state index in [0.717, 1.165) is 37.7 Å². The molecule has 1 aliphatic heterocycles. The Hall–Kier alpha value is -1.02. The molecule has 2 N–H and O–H groups in total. The second-order valence-corrected chi connectivity index (χ2v) is 8.68. The minimum Gasteiger partial charge on any atom is -0.487 e. The third-order valence-corrected chi connectivity index (χ3v) is 6.04. The van der Waals surface area contributed by atoms with Crippen LogP contribution in [-0.4, -0.2) is 38.9 Å². The van der Waals surface area contributed by atoms with Gasteiger partial charge in [-0.2, -0.15) is 0 Å². The molecule has 158 valence electrons. The molecule has 5 nitrogen and oxygen atoms in total. The maximum Gasteiger partial charge on any atom is 0.191 e. The first-order chi connectivity index (χ1) is 13.0. The molecule has 0 radical (unpaired) electrons. The summed E-state index contributed by atoms with van der Waals surface area (Å²) in [6, 6.07) is 8.49. The fourth-order valence-corrected chi connectivity index (χ4v) is 4.52. The van der Waals surface area contributed by atoms with E-state index in [2.05, 4.69) is 47.7 Å². The minimum absolute atomic E-state index is 0. The molecule has 6 heteroatoms. The number of rotatable bonds is 6. The predicted octanol–water partition coefficient (Wildman–Crippen LogP) is 4.67. The van der Waals surface area contributed by atoms with Crippen LogP contribution >= 0.6 is 24.0 Å². The molecule has 1 aromatic carbocycles. The predicted molar refractivity (Wildman–Crippen MR) is 126 cm³/mol. The van der Waals surface area contributed by atoms with Crippen molar-refractivity contribution in [3.05, 3.63) is 29.8 Å². The fourth-order valence-electron chi connectivity index (χ4n) is 4.52. The summed E-state index contributed by atoms with van der Waals surface area (Å²) in [6.45, 7) is 6.07. The Balaban J connectivity index is 0.00000280. The van der Waals surface area contributed by atoms with Gasteiger partial charge in [-0.15, -0.1) is 24.0 Å². The monoisotopic (exact) mass is 501 g/mol. The summed E-state index contributed by atoms with van der Waals surface area (Å²) in [5.74, 6) is 1.84. The molecule has 0 saturated heterocycles. The lowest BCUT2D eigenvalue weighted by Gasteiger charge is -2.38. The van der Waals surface area contributed by atoms with E-state index in [0.29, 0.717) is 5.41 Å². The number of methoxy groups -OCH3 is 1. The zero-order valence-corrected chi connectivity index (χ0v) is 20.0. The molecule has 1 saturated carbocycles. The second-order valence-electron chi connectivity index (χ2n) is 8.68. The standard InChI is InChI=1S/C22H35N3O2.HI/c1-21(2)15-18(17-9-5-6-10-19(17)27-21)25-20(23-3)24-16-22(13-14-26-4)11-7-8-12-22;/h5-6,9-10,18H,7-8,11-16H2,1-4H3,(H2,23,24,25);1H. The highest BCUT2D eigenvalue weighted by molar-refractivity contribution is 14.0. The number of halogens is 1. The van der Waals surface area contributed by atoms with Crippen LogP contribution in [0.3, 0.4) is 0 Å². The van der Waals surface area contributed by atoms with Crippen LogP contribution < -0.4 is 15.4 Å². The summed E-state index contributed by atoms with van der Waals surface area (Å²) in [4.78, 5) is 4.50. The van der Waals surface area contributed by atoms with Crippen LogP contribution in [0.2, 0.25) is 0 Å². The van der Waals surface area contributed by atoms with Gasteiger partial charge in [-0.3, -0.25) is 4.99 Å². The van der Waals surface area contributed by atoms with Gasteiger partial charge in [-0.05, 0) is 44.6 Å². The number of para-hydroxylation sites is 1. The van der Waals surface area contributed by atoms with E-state index in [1.54, 1.807) is 7.11 Å². The second kappa shape index (κ2) is 10.1. The van der Waals surface area contributed by atoms with E-state index in [-0.39, 0.29) is 35.6 Å². The molecule has 0 spiro atoms. The van der Waals surface area contributed by atoms with Crippen molar-refractivity contribution < 1.29 is 9.47 Å². The van der Waals surface area contributed by atoms with Crippen molar-refractivity contribution in [2.75, 3.05) is 27.3 Å². The Morgan fingerprint density at radius 3 is 2.64 bits per heavy atom. The van der Waals surface area contributed by atoms with E-state index in [1.807, 2.05) is 13.1 Å². The lowest BCUT2D eigenvalue weighted by molar-refractivity contribution is 0.0693. The van der Waals surface area contributed by atoms with Gasteiger partial charge in [0.15, 0.2) is 5.96 Å². The third kappa shape index (κ3) is 5.75. The van der Waals surface area contributed by atoms with Gasteiger partial charge in [0.1, 0.15) is 11.4 Å². The van der Waals surface area contributed by atoms with Crippen molar-refractivity contribution in [1.82, 2.24) is 10.6 Å². The molecule has 0 aromatic heterocycles. The SMILES string of the molecule is CN=C(NCC1(CCOC)CCCC1)NC1CC(C)(C)Oc2ccccc21.I. The zero-order chi connectivity index (χ0) is 19.3. The summed E-state index contributed by atoms with van der Waals surface area (Å²) >= 11 is 0.